The molecule has 0 heterocycles. The summed E-state index contributed by atoms with van der Waals surface area (Å²) in [6, 6.07) is 14.6. The summed E-state index contributed by atoms with van der Waals surface area (Å²) in [5, 5.41) is 20.5. The third-order valence-electron chi connectivity index (χ3n) is 3.38. The molecule has 3 N–H and O–H groups in total. The second kappa shape index (κ2) is 8.05. The molecule has 0 aliphatic rings. The number of rotatable bonds is 7. The Hall–Kier alpha value is -2.22. The highest BCUT2D eigenvalue weighted by atomic mass is 32.2. The van der Waals surface area contributed by atoms with E-state index >= 15 is 0 Å². The molecule has 1 unspecified atom stereocenters. The van der Waals surface area contributed by atoms with E-state index in [1.165, 1.54) is 12.1 Å². The summed E-state index contributed by atoms with van der Waals surface area (Å²) in [6.45, 7) is -0.656. The molecule has 2 aromatic rings. The number of aliphatic hydroxyl groups excluding tert-OH is 2. The van der Waals surface area contributed by atoms with Crippen LogP contribution in [0.4, 0.5) is 0 Å². The van der Waals surface area contributed by atoms with Gasteiger partial charge in [-0.3, -0.25) is 4.79 Å². The van der Waals surface area contributed by atoms with Crippen molar-refractivity contribution in [1.29, 1.82) is 0 Å². The van der Waals surface area contributed by atoms with Crippen molar-refractivity contribution in [1.82, 2.24) is 5.32 Å². The van der Waals surface area contributed by atoms with Gasteiger partial charge in [-0.2, -0.15) is 0 Å². The van der Waals surface area contributed by atoms with Crippen molar-refractivity contribution in [3.8, 4) is 0 Å². The van der Waals surface area contributed by atoms with Crippen LogP contribution in [0.2, 0.25) is 0 Å². The Kier molecular flexibility index (Phi) is 6.08. The van der Waals surface area contributed by atoms with Gasteiger partial charge in [0.2, 0.25) is 0 Å². The third-order valence-corrected chi connectivity index (χ3v) is 5.11. The van der Waals surface area contributed by atoms with Crippen molar-refractivity contribution in [2.45, 2.75) is 16.8 Å². The summed E-state index contributed by atoms with van der Waals surface area (Å²) in [4.78, 5) is 12.2. The van der Waals surface area contributed by atoms with E-state index in [1.54, 1.807) is 42.5 Å². The molecular formula is C17H19NO5S. The van der Waals surface area contributed by atoms with Crippen LogP contribution in [0.3, 0.4) is 0 Å². The number of benzene rings is 2. The van der Waals surface area contributed by atoms with Gasteiger partial charge < -0.3 is 15.5 Å². The first-order chi connectivity index (χ1) is 11.4. The Labute approximate surface area is 140 Å². The summed E-state index contributed by atoms with van der Waals surface area (Å²) in [5.41, 5.74) is 0.641. The Bertz CT molecular complexity index is 790. The first-order valence-electron chi connectivity index (χ1n) is 7.37. The molecule has 128 valence electrons. The average Bonchev–Trinajstić information content (AvgIpc) is 2.59. The van der Waals surface area contributed by atoms with E-state index in [2.05, 4.69) is 5.32 Å². The van der Waals surface area contributed by atoms with Crippen molar-refractivity contribution < 1.29 is 23.4 Å². The molecule has 0 bridgehead atoms. The van der Waals surface area contributed by atoms with E-state index in [1.807, 2.05) is 0 Å². The van der Waals surface area contributed by atoms with E-state index in [-0.39, 0.29) is 22.8 Å². The summed E-state index contributed by atoms with van der Waals surface area (Å²) in [7, 11) is -3.71. The van der Waals surface area contributed by atoms with Gasteiger partial charge in [0.05, 0.1) is 28.9 Å². The minimum atomic E-state index is -3.71. The van der Waals surface area contributed by atoms with Crippen LogP contribution in [0.15, 0.2) is 59.5 Å². The van der Waals surface area contributed by atoms with E-state index < -0.39 is 28.5 Å². The Morgan fingerprint density at radius 1 is 1.04 bits per heavy atom. The number of nitrogens with one attached hydrogen (secondary N) is 1. The van der Waals surface area contributed by atoms with E-state index in [4.69, 9.17) is 5.11 Å². The summed E-state index contributed by atoms with van der Waals surface area (Å²) in [6.07, 6.45) is -1.10. The SMILES string of the molecule is O=C(NCC(O)CO)c1ccccc1S(=O)(=O)Cc1ccccc1. The third kappa shape index (κ3) is 4.64. The summed E-state index contributed by atoms with van der Waals surface area (Å²) >= 11 is 0. The minimum absolute atomic E-state index is 0.0126. The first-order valence-corrected chi connectivity index (χ1v) is 9.02. The molecule has 1 atom stereocenters. The number of carbonyl (C=O) groups is 1. The number of hydrogen-bond donors (Lipinski definition) is 3. The molecule has 0 radical (unpaired) electrons. The van der Waals surface area contributed by atoms with Gasteiger partial charge in [0.15, 0.2) is 9.84 Å². The van der Waals surface area contributed by atoms with Crippen LogP contribution in [0.5, 0.6) is 0 Å². The fourth-order valence-electron chi connectivity index (χ4n) is 2.17. The molecule has 0 spiro atoms. The number of hydrogen-bond acceptors (Lipinski definition) is 5. The molecule has 2 aromatic carbocycles. The smallest absolute Gasteiger partial charge is 0.252 e. The monoisotopic (exact) mass is 349 g/mol. The van der Waals surface area contributed by atoms with Crippen LogP contribution in [-0.4, -0.2) is 43.8 Å². The minimum Gasteiger partial charge on any atom is -0.394 e. The molecule has 24 heavy (non-hydrogen) atoms. The van der Waals surface area contributed by atoms with E-state index in [0.29, 0.717) is 5.56 Å². The number of amides is 1. The topological polar surface area (TPSA) is 104 Å². The van der Waals surface area contributed by atoms with Gasteiger partial charge in [-0.05, 0) is 17.7 Å². The van der Waals surface area contributed by atoms with E-state index in [9.17, 15) is 18.3 Å². The lowest BCUT2D eigenvalue weighted by atomic mass is 10.2. The van der Waals surface area contributed by atoms with Crippen LogP contribution in [0.1, 0.15) is 15.9 Å². The van der Waals surface area contributed by atoms with Crippen molar-refractivity contribution in [3.05, 3.63) is 65.7 Å². The van der Waals surface area contributed by atoms with Gasteiger partial charge in [0.25, 0.3) is 5.91 Å². The van der Waals surface area contributed by atoms with E-state index in [0.717, 1.165) is 0 Å². The Morgan fingerprint density at radius 2 is 1.67 bits per heavy atom. The van der Waals surface area contributed by atoms with Crippen LogP contribution in [-0.2, 0) is 15.6 Å². The maximum Gasteiger partial charge on any atom is 0.252 e. The first kappa shape index (κ1) is 18.1. The molecule has 7 heteroatoms. The lowest BCUT2D eigenvalue weighted by Gasteiger charge is -2.12. The average molecular weight is 349 g/mol. The molecule has 0 saturated carbocycles. The van der Waals surface area contributed by atoms with Gasteiger partial charge in [-0.25, -0.2) is 8.42 Å². The van der Waals surface area contributed by atoms with Crippen LogP contribution < -0.4 is 5.32 Å². The van der Waals surface area contributed by atoms with Gasteiger partial charge in [-0.15, -0.1) is 0 Å². The molecule has 6 nitrogen and oxygen atoms in total. The highest BCUT2D eigenvalue weighted by molar-refractivity contribution is 7.90. The van der Waals surface area contributed by atoms with Crippen molar-refractivity contribution >= 4 is 15.7 Å². The van der Waals surface area contributed by atoms with Gasteiger partial charge >= 0.3 is 0 Å². The highest BCUT2D eigenvalue weighted by Crippen LogP contribution is 2.20. The predicted octanol–water partition coefficient (Wildman–Crippen LogP) is 0.743. The van der Waals surface area contributed by atoms with Gasteiger partial charge in [-0.1, -0.05) is 42.5 Å². The highest BCUT2D eigenvalue weighted by Gasteiger charge is 2.22. The molecule has 1 amide bonds. The fraction of sp³-hybridized carbons (Fsp3) is 0.235. The van der Waals surface area contributed by atoms with Crippen LogP contribution in [0, 0.1) is 0 Å². The molecular weight excluding hydrogens is 330 g/mol. The molecule has 0 aliphatic heterocycles. The number of aliphatic hydroxyl groups is 2. The Balaban J connectivity index is 2.26. The predicted molar refractivity (Wildman–Crippen MR) is 89.2 cm³/mol. The maximum atomic E-state index is 12.7. The molecule has 2 rings (SSSR count). The van der Waals surface area contributed by atoms with Crippen LogP contribution >= 0.6 is 0 Å². The fourth-order valence-corrected chi connectivity index (χ4v) is 3.74. The van der Waals surface area contributed by atoms with Crippen molar-refractivity contribution in [2.24, 2.45) is 0 Å². The summed E-state index contributed by atoms with van der Waals surface area (Å²) in [5.74, 6) is -0.827. The lowest BCUT2D eigenvalue weighted by molar-refractivity contribution is 0.0800. The second-order valence-corrected chi connectivity index (χ2v) is 7.25. The van der Waals surface area contributed by atoms with Gasteiger partial charge in [0, 0.05) is 6.54 Å². The zero-order valence-corrected chi connectivity index (χ0v) is 13.7. The number of carbonyl (C=O) groups excluding carboxylic acids is 1. The maximum absolute atomic E-state index is 12.7. The normalized spacial score (nSPS) is 12.6. The summed E-state index contributed by atoms with van der Waals surface area (Å²) < 4.78 is 25.3. The Morgan fingerprint density at radius 3 is 2.33 bits per heavy atom. The second-order valence-electron chi connectivity index (χ2n) is 5.29. The molecule has 0 aliphatic carbocycles. The zero-order valence-electron chi connectivity index (χ0n) is 12.9. The lowest BCUT2D eigenvalue weighted by Crippen LogP contribution is -2.34. The standard InChI is InChI=1S/C17H19NO5S/c19-11-14(20)10-18-17(21)15-8-4-5-9-16(15)24(22,23)12-13-6-2-1-3-7-13/h1-9,14,19-20H,10-12H2,(H,18,21). The molecule has 0 saturated heterocycles. The molecule has 0 fully saturated rings. The number of sulfone groups is 1. The molecule has 0 aromatic heterocycles. The van der Waals surface area contributed by atoms with Crippen molar-refractivity contribution in [2.75, 3.05) is 13.2 Å². The largest absolute Gasteiger partial charge is 0.394 e. The van der Waals surface area contributed by atoms with Crippen LogP contribution in [0.25, 0.3) is 0 Å². The zero-order chi connectivity index (χ0) is 17.6. The van der Waals surface area contributed by atoms with Crippen molar-refractivity contribution in [3.63, 3.8) is 0 Å². The quantitative estimate of drug-likeness (QED) is 0.684. The van der Waals surface area contributed by atoms with Gasteiger partial charge in [0.1, 0.15) is 0 Å².